The summed E-state index contributed by atoms with van der Waals surface area (Å²) in [5.74, 6) is 1.48. The Kier molecular flexibility index (Phi) is 2.82. The van der Waals surface area contributed by atoms with E-state index in [1.807, 2.05) is 36.4 Å². The Morgan fingerprint density at radius 1 is 1.06 bits per heavy atom. The van der Waals surface area contributed by atoms with E-state index in [1.54, 1.807) is 14.2 Å². The van der Waals surface area contributed by atoms with Crippen molar-refractivity contribution in [1.82, 2.24) is 0 Å². The van der Waals surface area contributed by atoms with Crippen LogP contribution in [-0.2, 0) is 0 Å². The number of benzene rings is 1. The first kappa shape index (κ1) is 10.6. The van der Waals surface area contributed by atoms with Crippen LogP contribution in [-0.4, -0.2) is 14.2 Å². The van der Waals surface area contributed by atoms with Crippen LogP contribution < -0.4 is 9.47 Å². The molecule has 1 aromatic rings. The maximum Gasteiger partial charge on any atom is 0.161 e. The van der Waals surface area contributed by atoms with Gasteiger partial charge in [0.2, 0.25) is 0 Å². The third kappa shape index (κ3) is 1.74. The van der Waals surface area contributed by atoms with Crippen LogP contribution in [0.3, 0.4) is 0 Å². The average molecular weight is 214 g/mol. The van der Waals surface area contributed by atoms with E-state index >= 15 is 0 Å². The largest absolute Gasteiger partial charge is 0.493 e. The molecule has 0 heterocycles. The van der Waals surface area contributed by atoms with Crippen LogP contribution in [0.1, 0.15) is 5.56 Å². The minimum Gasteiger partial charge on any atom is -0.493 e. The number of rotatable bonds is 3. The normalized spacial score (nSPS) is 13.9. The lowest BCUT2D eigenvalue weighted by Gasteiger charge is -2.10. The monoisotopic (exact) mass is 214 g/mol. The number of hydrogen-bond acceptors (Lipinski definition) is 2. The number of ether oxygens (including phenoxy) is 2. The van der Waals surface area contributed by atoms with E-state index in [0.717, 1.165) is 28.2 Å². The SMILES string of the molecule is C=C1C=CC=C1c1ccc(OC)c(OC)c1. The summed E-state index contributed by atoms with van der Waals surface area (Å²) in [4.78, 5) is 0. The van der Waals surface area contributed by atoms with Gasteiger partial charge in [-0.05, 0) is 28.8 Å². The molecule has 2 heteroatoms. The molecule has 0 spiro atoms. The molecule has 0 fully saturated rings. The summed E-state index contributed by atoms with van der Waals surface area (Å²) in [6.45, 7) is 3.98. The molecule has 0 radical (unpaired) electrons. The third-order valence-electron chi connectivity index (χ3n) is 2.60. The highest BCUT2D eigenvalue weighted by atomic mass is 16.5. The fourth-order valence-electron chi connectivity index (χ4n) is 1.74. The molecule has 82 valence electrons. The molecule has 1 aliphatic rings. The quantitative estimate of drug-likeness (QED) is 0.769. The van der Waals surface area contributed by atoms with Crippen LogP contribution in [0.15, 0.2) is 48.6 Å². The standard InChI is InChI=1S/C14H14O2/c1-10-5-4-6-12(10)11-7-8-13(15-2)14(9-11)16-3/h4-9H,1H2,2-3H3. The fourth-order valence-corrected chi connectivity index (χ4v) is 1.74. The average Bonchev–Trinajstić information content (AvgIpc) is 2.74. The summed E-state index contributed by atoms with van der Waals surface area (Å²) in [5.41, 5.74) is 3.24. The minimum absolute atomic E-state index is 0.737. The molecule has 2 nitrogen and oxygen atoms in total. The molecule has 0 aromatic heterocycles. The van der Waals surface area contributed by atoms with Crippen molar-refractivity contribution in [3.8, 4) is 11.5 Å². The topological polar surface area (TPSA) is 18.5 Å². The lowest BCUT2D eigenvalue weighted by atomic mass is 10.0. The first-order valence-corrected chi connectivity index (χ1v) is 5.06. The zero-order chi connectivity index (χ0) is 11.5. The zero-order valence-electron chi connectivity index (χ0n) is 9.49. The van der Waals surface area contributed by atoms with Crippen LogP contribution >= 0.6 is 0 Å². The highest BCUT2D eigenvalue weighted by molar-refractivity contribution is 5.85. The van der Waals surface area contributed by atoms with Gasteiger partial charge in [-0.2, -0.15) is 0 Å². The van der Waals surface area contributed by atoms with Crippen LogP contribution in [0, 0.1) is 0 Å². The first-order valence-electron chi connectivity index (χ1n) is 5.06. The maximum atomic E-state index is 5.27. The molecule has 0 atom stereocenters. The second-order valence-electron chi connectivity index (χ2n) is 3.53. The smallest absolute Gasteiger partial charge is 0.161 e. The Balaban J connectivity index is 2.41. The molecule has 0 aliphatic heterocycles. The molecule has 2 rings (SSSR count). The van der Waals surface area contributed by atoms with Gasteiger partial charge in [0.1, 0.15) is 0 Å². The van der Waals surface area contributed by atoms with E-state index in [2.05, 4.69) is 6.58 Å². The van der Waals surface area contributed by atoms with Crippen molar-refractivity contribution in [3.05, 3.63) is 54.1 Å². The van der Waals surface area contributed by atoms with Gasteiger partial charge < -0.3 is 9.47 Å². The predicted molar refractivity (Wildman–Crippen MR) is 65.8 cm³/mol. The van der Waals surface area contributed by atoms with Crippen LogP contribution in [0.5, 0.6) is 11.5 Å². The lowest BCUT2D eigenvalue weighted by molar-refractivity contribution is 0.355. The number of methoxy groups -OCH3 is 2. The van der Waals surface area contributed by atoms with E-state index in [9.17, 15) is 0 Å². The van der Waals surface area contributed by atoms with Crippen molar-refractivity contribution in [3.63, 3.8) is 0 Å². The maximum absolute atomic E-state index is 5.27. The van der Waals surface area contributed by atoms with E-state index < -0.39 is 0 Å². The Hall–Kier alpha value is -1.96. The zero-order valence-corrected chi connectivity index (χ0v) is 9.49. The van der Waals surface area contributed by atoms with E-state index in [4.69, 9.17) is 9.47 Å². The molecule has 0 unspecified atom stereocenters. The van der Waals surface area contributed by atoms with Gasteiger partial charge in [0.25, 0.3) is 0 Å². The van der Waals surface area contributed by atoms with Gasteiger partial charge in [0.15, 0.2) is 11.5 Å². The van der Waals surface area contributed by atoms with Crippen molar-refractivity contribution >= 4 is 5.57 Å². The second-order valence-corrected chi connectivity index (χ2v) is 3.53. The van der Waals surface area contributed by atoms with E-state index in [0.29, 0.717) is 0 Å². The predicted octanol–water partition coefficient (Wildman–Crippen LogP) is 3.21. The molecule has 1 aromatic carbocycles. The van der Waals surface area contributed by atoms with E-state index in [1.165, 1.54) is 0 Å². The molecule has 0 amide bonds. The molecule has 0 N–H and O–H groups in total. The number of hydrogen-bond donors (Lipinski definition) is 0. The summed E-state index contributed by atoms with van der Waals surface area (Å²) < 4.78 is 10.5. The van der Waals surface area contributed by atoms with Crippen molar-refractivity contribution < 1.29 is 9.47 Å². The Morgan fingerprint density at radius 2 is 1.81 bits per heavy atom. The highest BCUT2D eigenvalue weighted by Gasteiger charge is 2.10. The molecule has 0 bridgehead atoms. The third-order valence-corrected chi connectivity index (χ3v) is 2.60. The second kappa shape index (κ2) is 4.27. The molecule has 16 heavy (non-hydrogen) atoms. The Labute approximate surface area is 95.5 Å². The molecule has 0 saturated carbocycles. The van der Waals surface area contributed by atoms with Crippen molar-refractivity contribution in [2.75, 3.05) is 14.2 Å². The summed E-state index contributed by atoms with van der Waals surface area (Å²) in [6.07, 6.45) is 6.03. The molecule has 0 saturated heterocycles. The highest BCUT2D eigenvalue weighted by Crippen LogP contribution is 2.34. The fraction of sp³-hybridized carbons (Fsp3) is 0.143. The first-order chi connectivity index (χ1) is 7.76. The summed E-state index contributed by atoms with van der Waals surface area (Å²) in [6, 6.07) is 5.87. The summed E-state index contributed by atoms with van der Waals surface area (Å²) in [7, 11) is 3.27. The van der Waals surface area contributed by atoms with Gasteiger partial charge >= 0.3 is 0 Å². The summed E-state index contributed by atoms with van der Waals surface area (Å²) >= 11 is 0. The summed E-state index contributed by atoms with van der Waals surface area (Å²) in [5, 5.41) is 0. The Bertz CT molecular complexity index is 482. The minimum atomic E-state index is 0.737. The van der Waals surface area contributed by atoms with Gasteiger partial charge in [-0.15, -0.1) is 0 Å². The van der Waals surface area contributed by atoms with E-state index in [-0.39, 0.29) is 0 Å². The van der Waals surface area contributed by atoms with Crippen molar-refractivity contribution in [1.29, 1.82) is 0 Å². The molecular formula is C14H14O2. The van der Waals surface area contributed by atoms with Gasteiger partial charge in [0, 0.05) is 0 Å². The van der Waals surface area contributed by atoms with Gasteiger partial charge in [-0.25, -0.2) is 0 Å². The van der Waals surface area contributed by atoms with Crippen molar-refractivity contribution in [2.24, 2.45) is 0 Å². The molecular weight excluding hydrogens is 200 g/mol. The molecule has 1 aliphatic carbocycles. The van der Waals surface area contributed by atoms with Crippen LogP contribution in [0.25, 0.3) is 5.57 Å². The lowest BCUT2D eigenvalue weighted by Crippen LogP contribution is -1.92. The van der Waals surface area contributed by atoms with Crippen LogP contribution in [0.2, 0.25) is 0 Å². The number of allylic oxidation sites excluding steroid dienone is 5. The van der Waals surface area contributed by atoms with Crippen LogP contribution in [0.4, 0.5) is 0 Å². The van der Waals surface area contributed by atoms with Crippen molar-refractivity contribution in [2.45, 2.75) is 0 Å². The van der Waals surface area contributed by atoms with Gasteiger partial charge in [-0.3, -0.25) is 0 Å². The van der Waals surface area contributed by atoms with Gasteiger partial charge in [-0.1, -0.05) is 30.9 Å². The van der Waals surface area contributed by atoms with Gasteiger partial charge in [0.05, 0.1) is 14.2 Å². The Morgan fingerprint density at radius 3 is 2.38 bits per heavy atom.